The molecule has 2 rings (SSSR count). The summed E-state index contributed by atoms with van der Waals surface area (Å²) in [5.41, 5.74) is 5.22. The van der Waals surface area contributed by atoms with Gasteiger partial charge in [-0.15, -0.1) is 0 Å². The molecule has 0 aliphatic carbocycles. The Morgan fingerprint density at radius 1 is 1.58 bits per heavy atom. The van der Waals surface area contributed by atoms with Crippen LogP contribution in [0.5, 0.6) is 5.75 Å². The normalized spacial score (nSPS) is 18.3. The molecule has 0 saturated heterocycles. The van der Waals surface area contributed by atoms with E-state index < -0.39 is 11.8 Å². The van der Waals surface area contributed by atoms with E-state index in [-0.39, 0.29) is 17.4 Å². The molecular formula is C12H12N4O3. The first-order chi connectivity index (χ1) is 9.08. The summed E-state index contributed by atoms with van der Waals surface area (Å²) < 4.78 is 0. The summed E-state index contributed by atoms with van der Waals surface area (Å²) in [6, 6.07) is 6.40. The molecule has 0 saturated carbocycles. The van der Waals surface area contributed by atoms with Crippen molar-refractivity contribution < 1.29 is 14.7 Å². The summed E-state index contributed by atoms with van der Waals surface area (Å²) in [4.78, 5) is 22.8. The molecule has 7 nitrogen and oxygen atoms in total. The number of phenolic OH excluding ortho intramolecular Hbond substituents is 1. The van der Waals surface area contributed by atoms with Crippen LogP contribution in [0.4, 0.5) is 0 Å². The predicted octanol–water partition coefficient (Wildman–Crippen LogP) is -0.0358. The number of amides is 2. The SMILES string of the molecule is CC1C(=O)NN=C1C(=O)N/N=C/c1cccc(O)c1. The van der Waals surface area contributed by atoms with E-state index in [1.54, 1.807) is 19.1 Å². The molecule has 1 aliphatic heterocycles. The van der Waals surface area contributed by atoms with Gasteiger partial charge in [0, 0.05) is 0 Å². The fourth-order valence-electron chi connectivity index (χ4n) is 1.51. The Kier molecular flexibility index (Phi) is 3.56. The minimum absolute atomic E-state index is 0.0954. The predicted molar refractivity (Wildman–Crippen MR) is 68.6 cm³/mol. The summed E-state index contributed by atoms with van der Waals surface area (Å²) in [5, 5.41) is 16.6. The first-order valence-corrected chi connectivity index (χ1v) is 5.58. The average molecular weight is 260 g/mol. The number of hydrogen-bond acceptors (Lipinski definition) is 5. The minimum atomic E-state index is -0.587. The standard InChI is InChI=1S/C12H12N4O3/c1-7-10(14-16-11(7)18)12(19)15-13-6-8-3-2-4-9(17)5-8/h2-7,17H,1H3,(H,15,19)(H,16,18)/b13-6+. The number of nitrogens with zero attached hydrogens (tertiary/aromatic N) is 2. The quantitative estimate of drug-likeness (QED) is 0.525. The van der Waals surface area contributed by atoms with Gasteiger partial charge in [-0.25, -0.2) is 10.9 Å². The molecule has 3 N–H and O–H groups in total. The van der Waals surface area contributed by atoms with Crippen molar-refractivity contribution in [3.8, 4) is 5.75 Å². The van der Waals surface area contributed by atoms with Gasteiger partial charge in [-0.2, -0.15) is 10.2 Å². The molecule has 0 spiro atoms. The zero-order valence-corrected chi connectivity index (χ0v) is 10.1. The molecule has 1 aromatic rings. The van der Waals surface area contributed by atoms with Gasteiger partial charge in [0.2, 0.25) is 5.91 Å². The van der Waals surface area contributed by atoms with Gasteiger partial charge in [0.25, 0.3) is 5.91 Å². The van der Waals surface area contributed by atoms with Crippen LogP contribution in [0.15, 0.2) is 34.5 Å². The maximum absolute atomic E-state index is 11.7. The number of rotatable bonds is 3. The van der Waals surface area contributed by atoms with Crippen LogP contribution < -0.4 is 10.9 Å². The summed E-state index contributed by atoms with van der Waals surface area (Å²) in [6.07, 6.45) is 1.38. The van der Waals surface area contributed by atoms with E-state index in [1.807, 2.05) is 0 Å². The van der Waals surface area contributed by atoms with Crippen LogP contribution in [0, 0.1) is 5.92 Å². The third-order valence-corrected chi connectivity index (χ3v) is 2.57. The van der Waals surface area contributed by atoms with Crippen molar-refractivity contribution in [3.63, 3.8) is 0 Å². The fourth-order valence-corrected chi connectivity index (χ4v) is 1.51. The van der Waals surface area contributed by atoms with Gasteiger partial charge < -0.3 is 5.11 Å². The van der Waals surface area contributed by atoms with Gasteiger partial charge in [0.05, 0.1) is 12.1 Å². The number of hydrogen-bond donors (Lipinski definition) is 3. The Bertz CT molecular complexity index is 580. The lowest BCUT2D eigenvalue weighted by Crippen LogP contribution is -2.32. The lowest BCUT2D eigenvalue weighted by molar-refractivity contribution is -0.122. The second-order valence-electron chi connectivity index (χ2n) is 3.99. The molecule has 19 heavy (non-hydrogen) atoms. The van der Waals surface area contributed by atoms with Gasteiger partial charge >= 0.3 is 0 Å². The molecular weight excluding hydrogens is 248 g/mol. The van der Waals surface area contributed by atoms with E-state index in [1.165, 1.54) is 18.3 Å². The van der Waals surface area contributed by atoms with E-state index in [0.29, 0.717) is 5.56 Å². The smallest absolute Gasteiger partial charge is 0.288 e. The molecule has 0 radical (unpaired) electrons. The first kappa shape index (κ1) is 12.7. The summed E-state index contributed by atoms with van der Waals surface area (Å²) in [6.45, 7) is 1.58. The lowest BCUT2D eigenvalue weighted by atomic mass is 10.1. The molecule has 7 heteroatoms. The fraction of sp³-hybridized carbons (Fsp3) is 0.167. The van der Waals surface area contributed by atoms with E-state index in [9.17, 15) is 14.7 Å². The van der Waals surface area contributed by atoms with Crippen LogP contribution in [0.2, 0.25) is 0 Å². The van der Waals surface area contributed by atoms with E-state index in [0.717, 1.165) is 0 Å². The highest BCUT2D eigenvalue weighted by Gasteiger charge is 2.30. The second-order valence-corrected chi connectivity index (χ2v) is 3.99. The van der Waals surface area contributed by atoms with Crippen molar-refractivity contribution in [1.29, 1.82) is 0 Å². The Morgan fingerprint density at radius 3 is 3.00 bits per heavy atom. The third-order valence-electron chi connectivity index (χ3n) is 2.57. The number of carbonyl (C=O) groups is 2. The number of carbonyl (C=O) groups excluding carboxylic acids is 2. The Morgan fingerprint density at radius 2 is 2.37 bits per heavy atom. The van der Waals surface area contributed by atoms with Crippen molar-refractivity contribution in [2.75, 3.05) is 0 Å². The number of phenols is 1. The maximum Gasteiger partial charge on any atom is 0.288 e. The van der Waals surface area contributed by atoms with Crippen molar-refractivity contribution in [1.82, 2.24) is 10.9 Å². The maximum atomic E-state index is 11.7. The molecule has 0 bridgehead atoms. The van der Waals surface area contributed by atoms with Gasteiger partial charge in [0.1, 0.15) is 11.5 Å². The van der Waals surface area contributed by atoms with E-state index >= 15 is 0 Å². The molecule has 0 fully saturated rings. The average Bonchev–Trinajstić information content (AvgIpc) is 2.70. The molecule has 1 aliphatic rings. The zero-order chi connectivity index (χ0) is 13.8. The summed E-state index contributed by atoms with van der Waals surface area (Å²) >= 11 is 0. The number of aromatic hydroxyl groups is 1. The highest BCUT2D eigenvalue weighted by molar-refractivity contribution is 6.44. The highest BCUT2D eigenvalue weighted by Crippen LogP contribution is 2.09. The van der Waals surface area contributed by atoms with Crippen molar-refractivity contribution in [2.24, 2.45) is 16.1 Å². The molecule has 1 unspecified atom stereocenters. The van der Waals surface area contributed by atoms with Gasteiger partial charge in [0.15, 0.2) is 0 Å². The number of benzene rings is 1. The number of nitrogens with one attached hydrogen (secondary N) is 2. The van der Waals surface area contributed by atoms with Crippen molar-refractivity contribution in [3.05, 3.63) is 29.8 Å². The summed E-state index contributed by atoms with van der Waals surface area (Å²) in [7, 11) is 0. The van der Waals surface area contributed by atoms with Gasteiger partial charge in [-0.1, -0.05) is 12.1 Å². The van der Waals surface area contributed by atoms with Gasteiger partial charge in [-0.3, -0.25) is 9.59 Å². The lowest BCUT2D eigenvalue weighted by Gasteiger charge is -2.01. The second kappa shape index (κ2) is 5.30. The van der Waals surface area contributed by atoms with E-state index in [4.69, 9.17) is 0 Å². The van der Waals surface area contributed by atoms with Crippen molar-refractivity contribution in [2.45, 2.75) is 6.92 Å². The minimum Gasteiger partial charge on any atom is -0.508 e. The molecule has 1 atom stereocenters. The van der Waals surface area contributed by atoms with Crippen LogP contribution in [0.25, 0.3) is 0 Å². The van der Waals surface area contributed by atoms with E-state index in [2.05, 4.69) is 21.1 Å². The Balaban J connectivity index is 1.96. The van der Waals surface area contributed by atoms with Crippen LogP contribution in [0.3, 0.4) is 0 Å². The molecule has 2 amide bonds. The monoisotopic (exact) mass is 260 g/mol. The molecule has 1 heterocycles. The summed E-state index contributed by atoms with van der Waals surface area (Å²) in [5.74, 6) is -1.33. The Hall–Kier alpha value is -2.70. The Labute approximate surface area is 109 Å². The largest absolute Gasteiger partial charge is 0.508 e. The molecule has 0 aromatic heterocycles. The third kappa shape index (κ3) is 2.95. The van der Waals surface area contributed by atoms with Crippen LogP contribution in [-0.4, -0.2) is 28.8 Å². The zero-order valence-electron chi connectivity index (χ0n) is 10.1. The van der Waals surface area contributed by atoms with Crippen LogP contribution >= 0.6 is 0 Å². The van der Waals surface area contributed by atoms with Gasteiger partial charge in [-0.05, 0) is 24.6 Å². The van der Waals surface area contributed by atoms with Crippen molar-refractivity contribution >= 4 is 23.7 Å². The van der Waals surface area contributed by atoms with Crippen LogP contribution in [0.1, 0.15) is 12.5 Å². The van der Waals surface area contributed by atoms with Crippen LogP contribution in [-0.2, 0) is 9.59 Å². The topological polar surface area (TPSA) is 103 Å². The molecule has 1 aromatic carbocycles. The molecule has 98 valence electrons. The number of hydrazone groups is 2. The first-order valence-electron chi connectivity index (χ1n) is 5.58. The highest BCUT2D eigenvalue weighted by atomic mass is 16.3.